The summed E-state index contributed by atoms with van der Waals surface area (Å²) in [5.74, 6) is 0.727. The van der Waals surface area contributed by atoms with Gasteiger partial charge in [0.1, 0.15) is 0 Å². The van der Waals surface area contributed by atoms with Crippen molar-refractivity contribution >= 4 is 83.4 Å². The standard InChI is InChI=1S/C36H29BN2OS/c1-35-20-8-9-21-36(35,2)39-27-18-11-17-26-30(27)37(25-16-10-15-24(35)32(25)39)31-29-23-14-6-7-19-28(23)41-34(29)40-33(31)38(26)22-12-4-3-5-13-22/h3-7,10-19H,8-9,20-21H2,1-2H3/i6D,7D,14D,19D. The van der Waals surface area contributed by atoms with Gasteiger partial charge in [-0.05, 0) is 66.6 Å². The zero-order valence-corrected chi connectivity index (χ0v) is 23.8. The molecule has 1 fully saturated rings. The molecule has 3 nitrogen and oxygen atoms in total. The predicted molar refractivity (Wildman–Crippen MR) is 174 cm³/mol. The van der Waals surface area contributed by atoms with E-state index in [9.17, 15) is 0 Å². The Labute approximate surface area is 249 Å². The second kappa shape index (κ2) is 7.46. The summed E-state index contributed by atoms with van der Waals surface area (Å²) >= 11 is 1.33. The summed E-state index contributed by atoms with van der Waals surface area (Å²) in [6, 6.07) is 23.4. The second-order valence-corrected chi connectivity index (χ2v) is 13.5. The van der Waals surface area contributed by atoms with Crippen LogP contribution in [0.25, 0.3) is 20.4 Å². The summed E-state index contributed by atoms with van der Waals surface area (Å²) in [5.41, 5.74) is 9.46. The quantitative estimate of drug-likeness (QED) is 0.193. The lowest BCUT2D eigenvalue weighted by Crippen LogP contribution is -2.64. The van der Waals surface area contributed by atoms with Gasteiger partial charge < -0.3 is 9.32 Å². The molecule has 2 atom stereocenters. The van der Waals surface area contributed by atoms with Crippen LogP contribution in [0.1, 0.15) is 50.6 Å². The van der Waals surface area contributed by atoms with Crippen LogP contribution in [0.4, 0.5) is 28.6 Å². The summed E-state index contributed by atoms with van der Waals surface area (Å²) < 4.78 is 42.1. The highest BCUT2D eigenvalue weighted by Crippen LogP contribution is 2.61. The van der Waals surface area contributed by atoms with Crippen molar-refractivity contribution in [2.75, 3.05) is 9.80 Å². The number of furan rings is 1. The molecule has 5 heterocycles. The Morgan fingerprint density at radius 1 is 0.878 bits per heavy atom. The van der Waals surface area contributed by atoms with Crippen LogP contribution in [-0.4, -0.2) is 12.3 Å². The number of para-hydroxylation sites is 2. The number of nitrogens with zero attached hydrogens (tertiary/aromatic N) is 2. The Kier molecular flexibility index (Phi) is 3.50. The molecule has 0 N–H and O–H groups in total. The first-order valence-electron chi connectivity index (χ1n) is 16.6. The van der Waals surface area contributed by atoms with Crippen molar-refractivity contribution in [3.63, 3.8) is 0 Å². The minimum absolute atomic E-state index is 0.00619. The average Bonchev–Trinajstić information content (AvgIpc) is 3.67. The van der Waals surface area contributed by atoms with E-state index in [1.54, 1.807) is 0 Å². The van der Waals surface area contributed by atoms with Gasteiger partial charge in [0, 0.05) is 49.1 Å². The number of fused-ring (bicyclic) bond motifs is 11. The van der Waals surface area contributed by atoms with Gasteiger partial charge >= 0.3 is 0 Å². The van der Waals surface area contributed by atoms with Crippen LogP contribution >= 0.6 is 11.3 Å². The molecule has 6 aromatic rings. The smallest absolute Gasteiger partial charge is 0.257 e. The molecule has 10 rings (SSSR count). The van der Waals surface area contributed by atoms with Gasteiger partial charge in [0.05, 0.1) is 11.0 Å². The van der Waals surface area contributed by atoms with Crippen LogP contribution in [0, 0.1) is 0 Å². The van der Waals surface area contributed by atoms with E-state index in [4.69, 9.17) is 9.90 Å². The SMILES string of the molecule is [2H]c1c([2H])c([2H])c2c(sc3oc4c(c32)B2c3cccc5c3N(c3cccc(c32)N4c2ccccc2)C2(C)CCCCC52C)c1[2H]. The highest BCUT2D eigenvalue weighted by atomic mass is 32.1. The van der Waals surface area contributed by atoms with Crippen LogP contribution in [0.2, 0.25) is 0 Å². The predicted octanol–water partition coefficient (Wildman–Crippen LogP) is 8.00. The molecular weight excluding hydrogens is 519 g/mol. The van der Waals surface area contributed by atoms with Crippen molar-refractivity contribution < 1.29 is 9.90 Å². The number of benzene rings is 4. The summed E-state index contributed by atoms with van der Waals surface area (Å²) in [4.78, 5) is 5.54. The van der Waals surface area contributed by atoms with E-state index in [1.807, 2.05) is 18.2 Å². The lowest BCUT2D eigenvalue weighted by atomic mass is 9.33. The van der Waals surface area contributed by atoms with Crippen LogP contribution in [0.15, 0.2) is 95.3 Å². The molecule has 4 aromatic carbocycles. The molecule has 2 aromatic heterocycles. The molecular formula is C36H29BN2OS. The van der Waals surface area contributed by atoms with Crippen LogP contribution < -0.4 is 26.2 Å². The van der Waals surface area contributed by atoms with Gasteiger partial charge in [-0.25, -0.2) is 0 Å². The largest absolute Gasteiger partial charge is 0.430 e. The van der Waals surface area contributed by atoms with E-state index in [-0.39, 0.29) is 41.8 Å². The highest BCUT2D eigenvalue weighted by molar-refractivity contribution is 7.25. The van der Waals surface area contributed by atoms with Crippen molar-refractivity contribution in [1.82, 2.24) is 0 Å². The van der Waals surface area contributed by atoms with E-state index in [1.165, 1.54) is 52.0 Å². The van der Waals surface area contributed by atoms with E-state index in [2.05, 4.69) is 72.2 Å². The third-order valence-electron chi connectivity index (χ3n) is 10.8. The Hall–Kier alpha value is -3.96. The molecule has 2 unspecified atom stereocenters. The van der Waals surface area contributed by atoms with E-state index >= 15 is 0 Å². The first-order valence-corrected chi connectivity index (χ1v) is 15.4. The molecule has 0 saturated heterocycles. The molecule has 0 spiro atoms. The van der Waals surface area contributed by atoms with Gasteiger partial charge in [-0.1, -0.05) is 91.7 Å². The van der Waals surface area contributed by atoms with Gasteiger partial charge in [-0.3, -0.25) is 4.90 Å². The molecule has 4 aliphatic rings. The van der Waals surface area contributed by atoms with Crippen molar-refractivity contribution in [3.05, 3.63) is 96.5 Å². The van der Waals surface area contributed by atoms with E-state index in [0.717, 1.165) is 40.9 Å². The van der Waals surface area contributed by atoms with Gasteiger partial charge in [0.2, 0.25) is 5.88 Å². The van der Waals surface area contributed by atoms with Crippen molar-refractivity contribution in [3.8, 4) is 0 Å². The molecule has 5 heteroatoms. The summed E-state index contributed by atoms with van der Waals surface area (Å²) in [7, 11) is 0. The minimum Gasteiger partial charge on any atom is -0.430 e. The zero-order valence-electron chi connectivity index (χ0n) is 27.0. The highest BCUT2D eigenvalue weighted by Gasteiger charge is 2.61. The maximum Gasteiger partial charge on any atom is 0.257 e. The van der Waals surface area contributed by atoms with Gasteiger partial charge in [0.25, 0.3) is 6.71 Å². The topological polar surface area (TPSA) is 19.6 Å². The van der Waals surface area contributed by atoms with E-state index in [0.29, 0.717) is 15.0 Å². The molecule has 1 saturated carbocycles. The summed E-state index contributed by atoms with van der Waals surface area (Å²) in [6.07, 6.45) is 4.72. The fourth-order valence-corrected chi connectivity index (χ4v) is 9.80. The fourth-order valence-electron chi connectivity index (χ4n) is 8.82. The Balaban J connectivity index is 1.39. The van der Waals surface area contributed by atoms with Crippen molar-refractivity contribution in [1.29, 1.82) is 0 Å². The van der Waals surface area contributed by atoms with Gasteiger partial charge in [-0.15, -0.1) is 0 Å². The Morgan fingerprint density at radius 3 is 2.59 bits per heavy atom. The summed E-state index contributed by atoms with van der Waals surface area (Å²) in [5, 5.41) is 1.37. The molecule has 1 aliphatic carbocycles. The molecule has 3 aliphatic heterocycles. The summed E-state index contributed by atoms with van der Waals surface area (Å²) in [6.45, 7) is 4.79. The number of anilines is 5. The van der Waals surface area contributed by atoms with Crippen LogP contribution in [-0.2, 0) is 5.41 Å². The number of thiophene rings is 1. The lowest BCUT2D eigenvalue weighted by molar-refractivity contribution is 0.195. The number of rotatable bonds is 1. The molecule has 0 radical (unpaired) electrons. The van der Waals surface area contributed by atoms with Gasteiger partial charge in [0.15, 0.2) is 4.90 Å². The van der Waals surface area contributed by atoms with E-state index < -0.39 is 0 Å². The third-order valence-corrected chi connectivity index (χ3v) is 11.8. The minimum atomic E-state index is -0.209. The molecule has 0 bridgehead atoms. The normalized spacial score (nSPS) is 24.9. The number of hydrogen-bond acceptors (Lipinski definition) is 4. The van der Waals surface area contributed by atoms with Crippen LogP contribution in [0.3, 0.4) is 0 Å². The lowest BCUT2D eigenvalue weighted by Gasteiger charge is -2.52. The Bertz CT molecular complexity index is 2300. The van der Waals surface area contributed by atoms with Crippen molar-refractivity contribution in [2.45, 2.75) is 50.5 Å². The Morgan fingerprint density at radius 2 is 1.68 bits per heavy atom. The first kappa shape index (κ1) is 19.2. The first-order chi connectivity index (χ1) is 21.8. The average molecular weight is 553 g/mol. The third kappa shape index (κ3) is 2.51. The van der Waals surface area contributed by atoms with Crippen molar-refractivity contribution in [2.24, 2.45) is 0 Å². The maximum absolute atomic E-state index is 9.05. The number of hydrogen-bond donors (Lipinski definition) is 0. The molecule has 0 amide bonds. The molecule has 198 valence electrons. The maximum atomic E-state index is 9.05. The fraction of sp³-hybridized carbons (Fsp3) is 0.222. The van der Waals surface area contributed by atoms with Gasteiger partial charge in [-0.2, -0.15) is 0 Å². The monoisotopic (exact) mass is 552 g/mol. The zero-order chi connectivity index (χ0) is 30.6. The second-order valence-electron chi connectivity index (χ2n) is 12.5. The molecule has 41 heavy (non-hydrogen) atoms. The van der Waals surface area contributed by atoms with Crippen LogP contribution in [0.5, 0.6) is 0 Å².